The molecule has 2 aromatic rings. The first-order valence-corrected chi connectivity index (χ1v) is 6.77. The first-order chi connectivity index (χ1) is 7.75. The molecule has 0 atom stereocenters. The van der Waals surface area contributed by atoms with Crippen molar-refractivity contribution in [1.29, 1.82) is 0 Å². The third kappa shape index (κ3) is 3.11. The second kappa shape index (κ2) is 5.53. The molecule has 2 rings (SSSR count). The fourth-order valence-corrected chi connectivity index (χ4v) is 2.59. The van der Waals surface area contributed by atoms with E-state index in [1.807, 2.05) is 12.1 Å². The van der Waals surface area contributed by atoms with Crippen molar-refractivity contribution < 1.29 is 0 Å². The van der Waals surface area contributed by atoms with Crippen molar-refractivity contribution >= 4 is 25.9 Å². The van der Waals surface area contributed by atoms with E-state index in [-0.39, 0.29) is 0 Å². The van der Waals surface area contributed by atoms with Gasteiger partial charge in [0, 0.05) is 0 Å². The van der Waals surface area contributed by atoms with Gasteiger partial charge in [0.25, 0.3) is 0 Å². The average molecular weight is 323 g/mol. The summed E-state index contributed by atoms with van der Waals surface area (Å²) in [5.41, 5.74) is 4.27. The van der Waals surface area contributed by atoms with E-state index in [9.17, 15) is 0 Å². The van der Waals surface area contributed by atoms with Crippen LogP contribution in [0.1, 0.15) is 16.7 Å². The van der Waals surface area contributed by atoms with Crippen molar-refractivity contribution in [3.8, 4) is 0 Å². The summed E-state index contributed by atoms with van der Waals surface area (Å²) >= 11 is 1.78. The zero-order valence-electron chi connectivity index (χ0n) is 9.40. The molecule has 0 unspecified atom stereocenters. The minimum atomic E-state index is 1.11. The Morgan fingerprint density at radius 3 is 2.50 bits per heavy atom. The minimum absolute atomic E-state index is 1.11. The maximum atomic E-state index is 3.05. The Balaban J connectivity index is 2.05. The van der Waals surface area contributed by atoms with Crippen molar-refractivity contribution in [2.24, 2.45) is 0 Å². The van der Waals surface area contributed by atoms with Gasteiger partial charge in [-0.15, -0.1) is 0 Å². The summed E-state index contributed by atoms with van der Waals surface area (Å²) in [6.07, 6.45) is 2.24. The van der Waals surface area contributed by atoms with Crippen LogP contribution in [0.3, 0.4) is 0 Å². The Labute approximate surface area is 111 Å². The molecule has 0 spiro atoms. The molecule has 0 aliphatic carbocycles. The van der Waals surface area contributed by atoms with E-state index in [4.69, 9.17) is 0 Å². The Kier molecular flexibility index (Phi) is 4.04. The SMILES string of the molecule is Cc1cc([TeH])ccc1CCc1cc[c]cc1. The van der Waals surface area contributed by atoms with Gasteiger partial charge in [0.1, 0.15) is 0 Å². The molecule has 1 heteroatoms. The van der Waals surface area contributed by atoms with Crippen LogP contribution in [0.4, 0.5) is 0 Å². The zero-order valence-corrected chi connectivity index (χ0v) is 12.0. The van der Waals surface area contributed by atoms with Gasteiger partial charge in [0.2, 0.25) is 0 Å². The number of rotatable bonds is 3. The van der Waals surface area contributed by atoms with Gasteiger partial charge >= 0.3 is 111 Å². The molecule has 16 heavy (non-hydrogen) atoms. The van der Waals surface area contributed by atoms with E-state index in [1.165, 1.54) is 20.3 Å². The predicted octanol–water partition coefficient (Wildman–Crippen LogP) is 2.11. The average Bonchev–Trinajstić information content (AvgIpc) is 2.29. The first-order valence-electron chi connectivity index (χ1n) is 5.49. The molecular formula is C15H15Te. The molecule has 0 N–H and O–H groups in total. The number of hydrogen-bond acceptors (Lipinski definition) is 0. The fraction of sp³-hybridized carbons (Fsp3) is 0.200. The van der Waals surface area contributed by atoms with Crippen LogP contribution in [0.25, 0.3) is 0 Å². The van der Waals surface area contributed by atoms with E-state index in [1.54, 1.807) is 22.3 Å². The zero-order chi connectivity index (χ0) is 11.4. The summed E-state index contributed by atoms with van der Waals surface area (Å²) in [5.74, 6) is 0. The summed E-state index contributed by atoms with van der Waals surface area (Å²) in [6, 6.07) is 18.1. The van der Waals surface area contributed by atoms with Gasteiger partial charge < -0.3 is 0 Å². The molecule has 0 aromatic heterocycles. The third-order valence-corrected chi connectivity index (χ3v) is 3.59. The quantitative estimate of drug-likeness (QED) is 0.759. The van der Waals surface area contributed by atoms with Gasteiger partial charge in [-0.2, -0.15) is 0 Å². The van der Waals surface area contributed by atoms with Crippen molar-refractivity contribution in [2.75, 3.05) is 0 Å². The standard InChI is InChI=1S/C15H15Te/c1-12-11-15(16)10-9-14(12)8-7-13-5-3-2-4-6-13/h3-6,9-11,16H,7-8H2,1H3. The molecule has 0 amide bonds. The molecular weight excluding hydrogens is 308 g/mol. The van der Waals surface area contributed by atoms with Crippen LogP contribution in [-0.4, -0.2) is 22.3 Å². The van der Waals surface area contributed by atoms with Gasteiger partial charge in [-0.3, -0.25) is 0 Å². The normalized spacial score (nSPS) is 10.4. The van der Waals surface area contributed by atoms with E-state index >= 15 is 0 Å². The molecule has 0 fully saturated rings. The van der Waals surface area contributed by atoms with Crippen LogP contribution in [0.2, 0.25) is 0 Å². The Hall–Kier alpha value is -0.770. The number of benzene rings is 2. The number of hydrogen-bond donors (Lipinski definition) is 0. The molecule has 0 nitrogen and oxygen atoms in total. The summed E-state index contributed by atoms with van der Waals surface area (Å²) in [6.45, 7) is 2.20. The van der Waals surface area contributed by atoms with Gasteiger partial charge in [0.05, 0.1) is 0 Å². The summed E-state index contributed by atoms with van der Waals surface area (Å²) in [7, 11) is 0. The van der Waals surface area contributed by atoms with E-state index in [2.05, 4.69) is 43.3 Å². The molecule has 0 saturated heterocycles. The monoisotopic (exact) mass is 325 g/mol. The van der Waals surface area contributed by atoms with Crippen LogP contribution in [-0.2, 0) is 12.8 Å². The Morgan fingerprint density at radius 1 is 1.06 bits per heavy atom. The second-order valence-electron chi connectivity index (χ2n) is 4.02. The number of aryl methyl sites for hydroxylation is 3. The Bertz CT molecular complexity index is 460. The fourth-order valence-electron chi connectivity index (χ4n) is 1.83. The van der Waals surface area contributed by atoms with Gasteiger partial charge in [0.15, 0.2) is 0 Å². The summed E-state index contributed by atoms with van der Waals surface area (Å²) < 4.78 is 1.39. The van der Waals surface area contributed by atoms with Crippen LogP contribution in [0, 0.1) is 13.0 Å². The van der Waals surface area contributed by atoms with Crippen molar-refractivity contribution in [3.05, 3.63) is 65.2 Å². The van der Waals surface area contributed by atoms with Gasteiger partial charge in [-0.05, 0) is 0 Å². The van der Waals surface area contributed by atoms with E-state index < -0.39 is 0 Å². The molecule has 0 bridgehead atoms. The van der Waals surface area contributed by atoms with Gasteiger partial charge in [-0.25, -0.2) is 0 Å². The van der Waals surface area contributed by atoms with Crippen molar-refractivity contribution in [1.82, 2.24) is 0 Å². The van der Waals surface area contributed by atoms with Crippen molar-refractivity contribution in [3.63, 3.8) is 0 Å². The predicted molar refractivity (Wildman–Crippen MR) is 70.6 cm³/mol. The van der Waals surface area contributed by atoms with Gasteiger partial charge in [-0.1, -0.05) is 0 Å². The van der Waals surface area contributed by atoms with Crippen LogP contribution >= 0.6 is 0 Å². The first kappa shape index (κ1) is 11.7. The van der Waals surface area contributed by atoms with Crippen LogP contribution in [0.5, 0.6) is 0 Å². The molecule has 0 aliphatic heterocycles. The maximum absolute atomic E-state index is 3.05. The second-order valence-corrected chi connectivity index (χ2v) is 5.49. The molecule has 0 saturated carbocycles. The molecule has 2 aromatic carbocycles. The molecule has 0 heterocycles. The van der Waals surface area contributed by atoms with Crippen molar-refractivity contribution in [2.45, 2.75) is 19.8 Å². The molecule has 0 aliphatic rings. The molecule has 1 radical (unpaired) electrons. The summed E-state index contributed by atoms with van der Waals surface area (Å²) in [4.78, 5) is 0. The van der Waals surface area contributed by atoms with E-state index in [0.29, 0.717) is 0 Å². The third-order valence-electron chi connectivity index (χ3n) is 2.80. The molecule has 81 valence electrons. The van der Waals surface area contributed by atoms with Crippen LogP contribution in [0.15, 0.2) is 42.5 Å². The van der Waals surface area contributed by atoms with E-state index in [0.717, 1.165) is 12.8 Å². The Morgan fingerprint density at radius 2 is 1.81 bits per heavy atom. The summed E-state index contributed by atoms with van der Waals surface area (Å²) in [5, 5.41) is 0. The van der Waals surface area contributed by atoms with Crippen LogP contribution < -0.4 is 3.61 Å². The topological polar surface area (TPSA) is 0 Å².